The van der Waals surface area contributed by atoms with Crippen LogP contribution in [-0.4, -0.2) is 84.8 Å². The lowest BCUT2D eigenvalue weighted by atomic mass is 10.1. The van der Waals surface area contributed by atoms with E-state index < -0.39 is 0 Å². The number of aromatic hydroxyl groups is 2. The third-order valence-corrected chi connectivity index (χ3v) is 5.18. The maximum absolute atomic E-state index is 9.53. The second-order valence-electron chi connectivity index (χ2n) is 7.44. The third-order valence-electron chi connectivity index (χ3n) is 5.18. The Morgan fingerprint density at radius 1 is 0.857 bits per heavy atom. The summed E-state index contributed by atoms with van der Waals surface area (Å²) < 4.78 is 0. The van der Waals surface area contributed by atoms with Crippen LogP contribution in [0, 0.1) is 0 Å². The normalized spacial score (nSPS) is 14.8. The number of halogens is 3. The lowest BCUT2D eigenvalue weighted by Gasteiger charge is -2.32. The first-order chi connectivity index (χ1) is 12.0. The van der Waals surface area contributed by atoms with Crippen LogP contribution in [0.2, 0.25) is 0 Å². The fraction of sp³-hybridized carbons (Fsp3) is 0.700. The van der Waals surface area contributed by atoms with Crippen LogP contribution in [0.25, 0.3) is 0 Å². The lowest BCUT2D eigenvalue weighted by molar-refractivity contribution is 0.152. The number of phenols is 2. The largest absolute Gasteiger partial charge is 0.504 e. The molecular formula is C20H38Br3N3O2. The van der Waals surface area contributed by atoms with Gasteiger partial charge in [0.15, 0.2) is 11.5 Å². The molecule has 1 aliphatic heterocycles. The molecule has 0 aromatic heterocycles. The summed E-state index contributed by atoms with van der Waals surface area (Å²) in [5.74, 6) is -0.0748. The predicted molar refractivity (Wildman–Crippen MR) is 134 cm³/mol. The fourth-order valence-corrected chi connectivity index (χ4v) is 3.30. The molecule has 0 unspecified atom stereocenters. The smallest absolute Gasteiger partial charge is 0.157 e. The van der Waals surface area contributed by atoms with E-state index in [1.54, 1.807) is 12.1 Å². The van der Waals surface area contributed by atoms with Gasteiger partial charge in [-0.25, -0.2) is 0 Å². The Morgan fingerprint density at radius 3 is 2.14 bits per heavy atom. The van der Waals surface area contributed by atoms with Crippen LogP contribution in [0.3, 0.4) is 0 Å². The highest BCUT2D eigenvalue weighted by Gasteiger charge is 2.12. The zero-order valence-electron chi connectivity index (χ0n) is 17.2. The summed E-state index contributed by atoms with van der Waals surface area (Å²) in [4.78, 5) is 7.36. The number of unbranched alkanes of at least 4 members (excludes halogenated alkanes) is 3. The summed E-state index contributed by atoms with van der Waals surface area (Å²) in [5.41, 5.74) is 1.06. The average Bonchev–Trinajstić information content (AvgIpc) is 2.60. The molecule has 0 bridgehead atoms. The van der Waals surface area contributed by atoms with Crippen molar-refractivity contribution < 1.29 is 10.2 Å². The molecule has 1 saturated heterocycles. The van der Waals surface area contributed by atoms with E-state index in [2.05, 4.69) is 28.8 Å². The molecule has 0 aliphatic carbocycles. The van der Waals surface area contributed by atoms with Gasteiger partial charge in [0.2, 0.25) is 0 Å². The maximum Gasteiger partial charge on any atom is 0.157 e. The molecular weight excluding hydrogens is 554 g/mol. The minimum Gasteiger partial charge on any atom is -0.504 e. The monoisotopic (exact) mass is 589 g/mol. The molecule has 28 heavy (non-hydrogen) atoms. The van der Waals surface area contributed by atoms with Crippen LogP contribution in [0.1, 0.15) is 31.2 Å². The Balaban J connectivity index is 0. The molecule has 2 N–H and O–H groups in total. The Kier molecular flexibility index (Phi) is 18.3. The first-order valence-electron chi connectivity index (χ1n) is 9.65. The van der Waals surface area contributed by atoms with Gasteiger partial charge in [-0.15, -0.1) is 50.9 Å². The van der Waals surface area contributed by atoms with Crippen molar-refractivity contribution in [3.05, 3.63) is 23.8 Å². The van der Waals surface area contributed by atoms with E-state index in [4.69, 9.17) is 0 Å². The molecule has 0 spiro atoms. The zero-order chi connectivity index (χ0) is 18.1. The highest BCUT2D eigenvalue weighted by atomic mass is 79.9. The van der Waals surface area contributed by atoms with Gasteiger partial charge in [0.05, 0.1) is 0 Å². The molecule has 0 saturated carbocycles. The minimum atomic E-state index is -0.0475. The van der Waals surface area contributed by atoms with Gasteiger partial charge in [-0.2, -0.15) is 0 Å². The third kappa shape index (κ3) is 12.0. The van der Waals surface area contributed by atoms with Gasteiger partial charge in [0.1, 0.15) is 0 Å². The number of nitrogens with zero attached hydrogens (tertiary/aromatic N) is 3. The van der Waals surface area contributed by atoms with E-state index in [9.17, 15) is 10.2 Å². The summed E-state index contributed by atoms with van der Waals surface area (Å²) in [5, 5.41) is 18.9. The topological polar surface area (TPSA) is 50.2 Å². The molecule has 0 amide bonds. The van der Waals surface area contributed by atoms with Crippen LogP contribution in [0.15, 0.2) is 18.2 Å². The molecule has 8 heteroatoms. The van der Waals surface area contributed by atoms with Crippen LogP contribution in [0.5, 0.6) is 11.5 Å². The van der Waals surface area contributed by atoms with Gasteiger partial charge in [0, 0.05) is 32.7 Å². The molecule has 1 fully saturated rings. The van der Waals surface area contributed by atoms with Gasteiger partial charge in [0.25, 0.3) is 0 Å². The van der Waals surface area contributed by atoms with Crippen LogP contribution in [0.4, 0.5) is 0 Å². The molecule has 1 aromatic carbocycles. The van der Waals surface area contributed by atoms with Crippen molar-refractivity contribution in [2.75, 3.05) is 59.9 Å². The molecule has 2 rings (SSSR count). The number of piperazine rings is 1. The first kappa shape index (κ1) is 30.3. The van der Waals surface area contributed by atoms with E-state index in [0.717, 1.165) is 25.1 Å². The number of benzene rings is 1. The molecule has 1 heterocycles. The summed E-state index contributed by atoms with van der Waals surface area (Å²) in [6.45, 7) is 8.24. The van der Waals surface area contributed by atoms with E-state index in [-0.39, 0.29) is 62.4 Å². The van der Waals surface area contributed by atoms with Crippen molar-refractivity contribution in [1.29, 1.82) is 0 Å². The van der Waals surface area contributed by atoms with Crippen molar-refractivity contribution in [1.82, 2.24) is 14.7 Å². The standard InChI is InChI=1S/C20H35N3O2.3BrH/c1-21(12-9-18-7-8-19(24)20(25)17-18)10-5-3-4-6-11-23-15-13-22(2)14-16-23;;;/h7-8,17,24-25H,3-6,9-16H2,1-2H3;3*1H. The van der Waals surface area contributed by atoms with Crippen LogP contribution in [-0.2, 0) is 6.42 Å². The first-order valence-corrected chi connectivity index (χ1v) is 9.65. The Bertz CT molecular complexity index is 515. The maximum atomic E-state index is 9.53. The average molecular weight is 592 g/mol. The summed E-state index contributed by atoms with van der Waals surface area (Å²) in [7, 11) is 4.36. The predicted octanol–water partition coefficient (Wildman–Crippen LogP) is 4.11. The molecule has 1 aliphatic rings. The second kappa shape index (κ2) is 16.9. The summed E-state index contributed by atoms with van der Waals surface area (Å²) in [6, 6.07) is 5.09. The molecule has 0 atom stereocenters. The van der Waals surface area contributed by atoms with Gasteiger partial charge >= 0.3 is 0 Å². The SMILES string of the molecule is Br.Br.Br.CN(CCCCCCN1CCN(C)CC1)CCc1ccc(O)c(O)c1. The van der Waals surface area contributed by atoms with Crippen molar-refractivity contribution in [2.24, 2.45) is 0 Å². The second-order valence-corrected chi connectivity index (χ2v) is 7.44. The Labute approximate surface area is 202 Å². The van der Waals surface area contributed by atoms with Crippen LogP contribution < -0.4 is 0 Å². The molecule has 5 nitrogen and oxygen atoms in total. The zero-order valence-corrected chi connectivity index (χ0v) is 22.3. The molecule has 0 radical (unpaired) electrons. The van der Waals surface area contributed by atoms with Crippen molar-refractivity contribution in [3.63, 3.8) is 0 Å². The van der Waals surface area contributed by atoms with Crippen molar-refractivity contribution in [3.8, 4) is 11.5 Å². The number of phenolic OH excluding ortho intramolecular Hbond substituents is 2. The number of likely N-dealkylation sites (N-methyl/N-ethyl adjacent to an activating group) is 2. The molecule has 1 aromatic rings. The summed E-state index contributed by atoms with van der Waals surface area (Å²) >= 11 is 0. The number of rotatable bonds is 10. The molecule has 166 valence electrons. The van der Waals surface area contributed by atoms with E-state index in [1.165, 1.54) is 58.4 Å². The highest BCUT2D eigenvalue weighted by Crippen LogP contribution is 2.25. The number of hydrogen-bond acceptors (Lipinski definition) is 5. The Hall–Kier alpha value is 0.140. The van der Waals surface area contributed by atoms with Gasteiger partial charge < -0.3 is 24.9 Å². The van der Waals surface area contributed by atoms with Gasteiger partial charge in [-0.1, -0.05) is 18.9 Å². The quantitative estimate of drug-likeness (QED) is 0.317. The minimum absolute atomic E-state index is 0. The van der Waals surface area contributed by atoms with Crippen molar-refractivity contribution in [2.45, 2.75) is 32.1 Å². The van der Waals surface area contributed by atoms with Crippen LogP contribution >= 0.6 is 50.9 Å². The Morgan fingerprint density at radius 2 is 1.50 bits per heavy atom. The highest BCUT2D eigenvalue weighted by molar-refractivity contribution is 8.93. The van der Waals surface area contributed by atoms with Gasteiger partial charge in [-0.05, 0) is 64.1 Å². The van der Waals surface area contributed by atoms with Crippen molar-refractivity contribution >= 4 is 50.9 Å². The van der Waals surface area contributed by atoms with E-state index >= 15 is 0 Å². The van der Waals surface area contributed by atoms with E-state index in [1.807, 2.05) is 6.07 Å². The fourth-order valence-electron chi connectivity index (χ4n) is 3.30. The summed E-state index contributed by atoms with van der Waals surface area (Å²) in [6.07, 6.45) is 6.10. The number of hydrogen-bond donors (Lipinski definition) is 2. The van der Waals surface area contributed by atoms with E-state index in [0.29, 0.717) is 0 Å². The van der Waals surface area contributed by atoms with Gasteiger partial charge in [-0.3, -0.25) is 0 Å². The lowest BCUT2D eigenvalue weighted by Crippen LogP contribution is -2.44.